The first-order valence-electron chi connectivity index (χ1n) is 7.52. The third kappa shape index (κ3) is 2.65. The van der Waals surface area contributed by atoms with Crippen LogP contribution in [0, 0.1) is 11.3 Å². The second-order valence-corrected chi connectivity index (χ2v) is 8.23. The molecule has 0 bridgehead atoms. The largest absolute Gasteiger partial charge is 0.469 e. The first-order valence-corrected chi connectivity index (χ1v) is 8.34. The highest BCUT2D eigenvalue weighted by Crippen LogP contribution is 2.60. The van der Waals surface area contributed by atoms with Crippen molar-refractivity contribution in [1.29, 1.82) is 0 Å². The van der Waals surface area contributed by atoms with Crippen LogP contribution in [0.3, 0.4) is 0 Å². The van der Waals surface area contributed by atoms with E-state index in [1.807, 2.05) is 0 Å². The van der Waals surface area contributed by atoms with Crippen molar-refractivity contribution >= 4 is 22.4 Å². The number of carbonyl (C=O) groups is 1. The van der Waals surface area contributed by atoms with Crippen LogP contribution in [-0.4, -0.2) is 36.4 Å². The molecule has 2 heterocycles. The van der Waals surface area contributed by atoms with Crippen molar-refractivity contribution in [3.63, 3.8) is 0 Å². The summed E-state index contributed by atoms with van der Waals surface area (Å²) >= 11 is 1.69. The van der Waals surface area contributed by atoms with Gasteiger partial charge in [0, 0.05) is 18.5 Å². The molecule has 0 N–H and O–H groups in total. The fourth-order valence-electron chi connectivity index (χ4n) is 3.17. The summed E-state index contributed by atoms with van der Waals surface area (Å²) < 4.78 is 4.88. The lowest BCUT2D eigenvalue weighted by Gasteiger charge is -2.32. The Morgan fingerprint density at radius 2 is 2.00 bits per heavy atom. The fourth-order valence-corrected chi connectivity index (χ4v) is 4.12. The minimum atomic E-state index is -0.0330. The van der Waals surface area contributed by atoms with Crippen molar-refractivity contribution in [2.24, 2.45) is 11.3 Å². The zero-order chi connectivity index (χ0) is 15.3. The molecule has 1 aromatic rings. The topological polar surface area (TPSA) is 55.3 Å². The fraction of sp³-hybridized carbons (Fsp3) is 0.800. The quantitative estimate of drug-likeness (QED) is 0.786. The van der Waals surface area contributed by atoms with Crippen LogP contribution in [0.2, 0.25) is 0 Å². The molecule has 1 atom stereocenters. The van der Waals surface area contributed by atoms with Gasteiger partial charge in [-0.2, -0.15) is 0 Å². The van der Waals surface area contributed by atoms with E-state index in [4.69, 9.17) is 4.74 Å². The lowest BCUT2D eigenvalue weighted by Crippen LogP contribution is -2.35. The summed E-state index contributed by atoms with van der Waals surface area (Å²) in [6.07, 6.45) is 3.10. The predicted octanol–water partition coefficient (Wildman–Crippen LogP) is 2.62. The van der Waals surface area contributed by atoms with Crippen LogP contribution in [0.25, 0.3) is 0 Å². The number of hydrogen-bond donors (Lipinski definition) is 0. The number of aromatic nitrogens is 2. The number of hydrogen-bond acceptors (Lipinski definition) is 6. The highest BCUT2D eigenvalue weighted by atomic mass is 32.1. The number of methoxy groups -OCH3 is 1. The average Bonchev–Trinajstić information content (AvgIpc) is 2.90. The molecule has 1 aliphatic heterocycles. The SMILES string of the molecule is COC(=O)C1CC12CCN(c1nnc(C(C)(C)C)s1)CC2. The maximum Gasteiger partial charge on any atom is 0.309 e. The van der Waals surface area contributed by atoms with Gasteiger partial charge in [-0.05, 0) is 24.7 Å². The van der Waals surface area contributed by atoms with Crippen molar-refractivity contribution in [2.45, 2.75) is 45.4 Å². The number of rotatable bonds is 2. The third-order valence-corrected chi connectivity index (χ3v) is 6.17. The summed E-state index contributed by atoms with van der Waals surface area (Å²) in [5, 5.41) is 10.8. The van der Waals surface area contributed by atoms with Gasteiger partial charge in [-0.1, -0.05) is 32.1 Å². The summed E-state index contributed by atoms with van der Waals surface area (Å²) in [4.78, 5) is 14.0. The van der Waals surface area contributed by atoms with Crippen molar-refractivity contribution in [3.05, 3.63) is 5.01 Å². The van der Waals surface area contributed by atoms with Gasteiger partial charge >= 0.3 is 5.97 Å². The second kappa shape index (κ2) is 4.93. The normalized spacial score (nSPS) is 24.2. The molecule has 1 saturated heterocycles. The molecule has 1 aliphatic carbocycles. The van der Waals surface area contributed by atoms with E-state index in [9.17, 15) is 4.79 Å². The van der Waals surface area contributed by atoms with Crippen LogP contribution in [-0.2, 0) is 14.9 Å². The van der Waals surface area contributed by atoms with Crippen molar-refractivity contribution < 1.29 is 9.53 Å². The van der Waals surface area contributed by atoms with Gasteiger partial charge in [0.05, 0.1) is 13.0 Å². The third-order valence-electron chi connectivity index (χ3n) is 4.76. The van der Waals surface area contributed by atoms with Crippen LogP contribution in [0.15, 0.2) is 0 Å². The second-order valence-electron chi connectivity index (χ2n) is 7.27. The maximum absolute atomic E-state index is 11.7. The van der Waals surface area contributed by atoms with Crippen LogP contribution in [0.1, 0.15) is 45.0 Å². The lowest BCUT2D eigenvalue weighted by molar-refractivity contribution is -0.143. The summed E-state index contributed by atoms with van der Waals surface area (Å²) in [5.74, 6) is 0.0959. The standard InChI is InChI=1S/C15H23N3O2S/c1-14(2,3)12-16-17-13(21-12)18-7-5-15(6-8-18)9-10(15)11(19)20-4/h10H,5-9H2,1-4H3. The minimum absolute atomic E-state index is 0.0330. The van der Waals surface area contributed by atoms with E-state index in [0.717, 1.165) is 42.5 Å². The van der Waals surface area contributed by atoms with E-state index >= 15 is 0 Å². The van der Waals surface area contributed by atoms with Crippen LogP contribution >= 0.6 is 11.3 Å². The number of esters is 1. The molecule has 0 amide bonds. The number of anilines is 1. The molecule has 0 aromatic carbocycles. The van der Waals surface area contributed by atoms with E-state index < -0.39 is 0 Å². The Morgan fingerprint density at radius 3 is 2.52 bits per heavy atom. The van der Waals surface area contributed by atoms with Gasteiger partial charge in [0.2, 0.25) is 5.13 Å². The van der Waals surface area contributed by atoms with Crippen LogP contribution in [0.4, 0.5) is 5.13 Å². The Bertz CT molecular complexity index is 541. The molecule has 116 valence electrons. The molecule has 5 nitrogen and oxygen atoms in total. The Kier molecular flexibility index (Phi) is 3.47. The van der Waals surface area contributed by atoms with Gasteiger partial charge < -0.3 is 9.64 Å². The molecule has 21 heavy (non-hydrogen) atoms. The van der Waals surface area contributed by atoms with Crippen molar-refractivity contribution in [2.75, 3.05) is 25.1 Å². The van der Waals surface area contributed by atoms with Gasteiger partial charge in [0.1, 0.15) is 5.01 Å². The molecule has 3 rings (SSSR count). The van der Waals surface area contributed by atoms with Crippen LogP contribution in [0.5, 0.6) is 0 Å². The summed E-state index contributed by atoms with van der Waals surface area (Å²) in [6.45, 7) is 8.41. The minimum Gasteiger partial charge on any atom is -0.469 e. The maximum atomic E-state index is 11.7. The number of piperidine rings is 1. The lowest BCUT2D eigenvalue weighted by atomic mass is 9.91. The van der Waals surface area contributed by atoms with E-state index in [0.29, 0.717) is 0 Å². The first kappa shape index (κ1) is 14.8. The Balaban J connectivity index is 1.62. The summed E-state index contributed by atoms with van der Waals surface area (Å²) in [5.41, 5.74) is 0.264. The molecular weight excluding hydrogens is 286 g/mol. The van der Waals surface area contributed by atoms with Crippen molar-refractivity contribution in [3.8, 4) is 0 Å². The molecule has 1 unspecified atom stereocenters. The van der Waals surface area contributed by atoms with E-state index in [1.165, 1.54) is 7.11 Å². The van der Waals surface area contributed by atoms with Gasteiger partial charge in [0.25, 0.3) is 0 Å². The van der Waals surface area contributed by atoms with Crippen molar-refractivity contribution in [1.82, 2.24) is 10.2 Å². The van der Waals surface area contributed by atoms with Crippen LogP contribution < -0.4 is 4.90 Å². The summed E-state index contributed by atoms with van der Waals surface area (Å²) in [7, 11) is 1.48. The molecule has 2 aliphatic rings. The molecule has 1 spiro atoms. The summed E-state index contributed by atoms with van der Waals surface area (Å²) in [6, 6.07) is 0. The molecular formula is C15H23N3O2S. The average molecular weight is 309 g/mol. The highest BCUT2D eigenvalue weighted by Gasteiger charge is 2.59. The van der Waals surface area contributed by atoms with Gasteiger partial charge in [-0.3, -0.25) is 4.79 Å². The zero-order valence-electron chi connectivity index (χ0n) is 13.2. The molecule has 6 heteroatoms. The van der Waals surface area contributed by atoms with Gasteiger partial charge in [0.15, 0.2) is 0 Å². The zero-order valence-corrected chi connectivity index (χ0v) is 14.0. The highest BCUT2D eigenvalue weighted by molar-refractivity contribution is 7.15. The van der Waals surface area contributed by atoms with Gasteiger partial charge in [-0.25, -0.2) is 0 Å². The predicted molar refractivity (Wildman–Crippen MR) is 82.6 cm³/mol. The van der Waals surface area contributed by atoms with E-state index in [1.54, 1.807) is 11.3 Å². The van der Waals surface area contributed by atoms with E-state index in [2.05, 4.69) is 35.9 Å². The number of carbonyl (C=O) groups excluding carboxylic acids is 1. The molecule has 0 radical (unpaired) electrons. The number of nitrogens with zero attached hydrogens (tertiary/aromatic N) is 3. The Hall–Kier alpha value is -1.17. The molecule has 2 fully saturated rings. The molecule has 1 saturated carbocycles. The van der Waals surface area contributed by atoms with E-state index in [-0.39, 0.29) is 22.7 Å². The first-order chi connectivity index (χ1) is 9.86. The monoisotopic (exact) mass is 309 g/mol. The Labute approximate surface area is 129 Å². The van der Waals surface area contributed by atoms with Gasteiger partial charge in [-0.15, -0.1) is 10.2 Å². The Morgan fingerprint density at radius 1 is 1.33 bits per heavy atom. The number of ether oxygens (including phenoxy) is 1. The smallest absolute Gasteiger partial charge is 0.309 e. The molecule has 1 aromatic heterocycles.